The van der Waals surface area contributed by atoms with Gasteiger partial charge in [0.25, 0.3) is 0 Å². The predicted octanol–water partition coefficient (Wildman–Crippen LogP) is -1.92. The molecule has 0 heterocycles. The van der Waals surface area contributed by atoms with E-state index in [1.807, 2.05) is 0 Å². The van der Waals surface area contributed by atoms with Crippen LogP contribution < -0.4 is 0 Å². The molecule has 0 spiro atoms. The van der Waals surface area contributed by atoms with Gasteiger partial charge >= 0.3 is 5.97 Å². The topological polar surface area (TPSA) is 83.8 Å². The van der Waals surface area contributed by atoms with E-state index in [0.717, 1.165) is 0 Å². The first-order valence-electron chi connectivity index (χ1n) is 2.61. The van der Waals surface area contributed by atoms with E-state index in [1.54, 1.807) is 0 Å². The molecule has 0 aliphatic carbocycles. The number of ether oxygens (including phenoxy) is 1. The largest absolute Gasteiger partial charge is 0.456 e. The SMILES string of the molecule is O=CCOC(=O)C(O)CO. The maximum atomic E-state index is 10.3. The zero-order valence-corrected chi connectivity index (χ0v) is 5.19. The Morgan fingerprint density at radius 1 is 1.70 bits per heavy atom. The lowest BCUT2D eigenvalue weighted by atomic mass is 10.4. The average molecular weight is 148 g/mol. The summed E-state index contributed by atoms with van der Waals surface area (Å²) >= 11 is 0. The highest BCUT2D eigenvalue weighted by Crippen LogP contribution is 1.84. The van der Waals surface area contributed by atoms with Gasteiger partial charge in [-0.2, -0.15) is 0 Å². The number of rotatable bonds is 4. The molecule has 2 N–H and O–H groups in total. The number of aldehydes is 1. The van der Waals surface area contributed by atoms with E-state index in [4.69, 9.17) is 10.2 Å². The number of carbonyl (C=O) groups excluding carboxylic acids is 2. The zero-order valence-electron chi connectivity index (χ0n) is 5.19. The van der Waals surface area contributed by atoms with Crippen molar-refractivity contribution in [3.63, 3.8) is 0 Å². The number of aliphatic hydroxyl groups excluding tert-OH is 2. The van der Waals surface area contributed by atoms with E-state index in [0.29, 0.717) is 6.29 Å². The van der Waals surface area contributed by atoms with E-state index >= 15 is 0 Å². The Labute approximate surface area is 57.2 Å². The molecular weight excluding hydrogens is 140 g/mol. The van der Waals surface area contributed by atoms with Gasteiger partial charge in [0.15, 0.2) is 12.4 Å². The van der Waals surface area contributed by atoms with Crippen LogP contribution in [0.25, 0.3) is 0 Å². The maximum Gasteiger partial charge on any atom is 0.337 e. The fourth-order valence-corrected chi connectivity index (χ4v) is 0.287. The first-order chi connectivity index (χ1) is 4.72. The summed E-state index contributed by atoms with van der Waals surface area (Å²) in [5, 5.41) is 16.7. The van der Waals surface area contributed by atoms with Gasteiger partial charge in [-0.3, -0.25) is 4.79 Å². The van der Waals surface area contributed by atoms with Crippen molar-refractivity contribution in [2.45, 2.75) is 6.10 Å². The van der Waals surface area contributed by atoms with E-state index in [1.165, 1.54) is 0 Å². The zero-order chi connectivity index (χ0) is 7.98. The quantitative estimate of drug-likeness (QED) is 0.358. The fourth-order valence-electron chi connectivity index (χ4n) is 0.287. The molecular formula is C5H8O5. The monoisotopic (exact) mass is 148 g/mol. The number of hydrogen-bond acceptors (Lipinski definition) is 5. The summed E-state index contributed by atoms with van der Waals surface area (Å²) < 4.78 is 4.13. The Hall–Kier alpha value is -0.940. The number of carbonyl (C=O) groups is 2. The lowest BCUT2D eigenvalue weighted by molar-refractivity contribution is -0.156. The van der Waals surface area contributed by atoms with Crippen molar-refractivity contribution in [3.05, 3.63) is 0 Å². The molecule has 58 valence electrons. The van der Waals surface area contributed by atoms with Gasteiger partial charge in [0.2, 0.25) is 0 Å². The summed E-state index contributed by atoms with van der Waals surface area (Å²) in [6.07, 6.45) is -1.16. The van der Waals surface area contributed by atoms with Crippen molar-refractivity contribution < 1.29 is 24.5 Å². The first kappa shape index (κ1) is 9.06. The summed E-state index contributed by atoms with van der Waals surface area (Å²) in [5.74, 6) is -0.991. The molecule has 10 heavy (non-hydrogen) atoms. The fraction of sp³-hybridized carbons (Fsp3) is 0.600. The lowest BCUT2D eigenvalue weighted by Crippen LogP contribution is -2.26. The second kappa shape index (κ2) is 4.89. The van der Waals surface area contributed by atoms with Crippen LogP contribution in [0.4, 0.5) is 0 Å². The Bertz CT molecular complexity index is 121. The highest BCUT2D eigenvalue weighted by Gasteiger charge is 2.13. The van der Waals surface area contributed by atoms with Gasteiger partial charge in [0, 0.05) is 0 Å². The third-order valence-electron chi connectivity index (χ3n) is 0.739. The summed E-state index contributed by atoms with van der Waals surface area (Å²) in [7, 11) is 0. The van der Waals surface area contributed by atoms with Gasteiger partial charge in [0.05, 0.1) is 6.61 Å². The third kappa shape index (κ3) is 3.16. The molecule has 1 unspecified atom stereocenters. The van der Waals surface area contributed by atoms with Crippen LogP contribution in [0.2, 0.25) is 0 Å². The summed E-state index contributed by atoms with van der Waals surface area (Å²) in [6.45, 7) is -1.09. The minimum Gasteiger partial charge on any atom is -0.456 e. The van der Waals surface area contributed by atoms with E-state index < -0.39 is 25.3 Å². The van der Waals surface area contributed by atoms with Crippen LogP contribution in [0.5, 0.6) is 0 Å². The molecule has 0 aliphatic rings. The molecule has 0 rings (SSSR count). The van der Waals surface area contributed by atoms with Crippen molar-refractivity contribution in [2.24, 2.45) is 0 Å². The molecule has 0 radical (unpaired) electrons. The second-order valence-corrected chi connectivity index (χ2v) is 1.50. The summed E-state index contributed by atoms with van der Waals surface area (Å²) in [4.78, 5) is 19.9. The molecule has 0 aromatic carbocycles. The molecule has 1 atom stereocenters. The molecule has 0 fully saturated rings. The Balaban J connectivity index is 3.51. The first-order valence-corrected chi connectivity index (χ1v) is 2.61. The Kier molecular flexibility index (Phi) is 4.43. The molecule has 0 amide bonds. The van der Waals surface area contributed by atoms with Crippen LogP contribution in [0.15, 0.2) is 0 Å². The highest BCUT2D eigenvalue weighted by molar-refractivity contribution is 5.75. The van der Waals surface area contributed by atoms with Crippen LogP contribution in [-0.2, 0) is 14.3 Å². The van der Waals surface area contributed by atoms with Gasteiger partial charge in [-0.25, -0.2) is 4.79 Å². The molecule has 5 heteroatoms. The average Bonchev–Trinajstić information content (AvgIpc) is 1.98. The van der Waals surface area contributed by atoms with Gasteiger partial charge in [-0.1, -0.05) is 0 Å². The van der Waals surface area contributed by atoms with E-state index in [2.05, 4.69) is 4.74 Å². The third-order valence-corrected chi connectivity index (χ3v) is 0.739. The van der Waals surface area contributed by atoms with Gasteiger partial charge < -0.3 is 14.9 Å². The van der Waals surface area contributed by atoms with Crippen LogP contribution in [-0.4, -0.2) is 41.8 Å². The minimum atomic E-state index is -1.54. The predicted molar refractivity (Wildman–Crippen MR) is 30.1 cm³/mol. The normalized spacial score (nSPS) is 12.2. The van der Waals surface area contributed by atoms with Crippen molar-refractivity contribution in [2.75, 3.05) is 13.2 Å². The molecule has 0 aliphatic heterocycles. The smallest absolute Gasteiger partial charge is 0.337 e. The summed E-state index contributed by atoms with van der Waals surface area (Å²) in [5.41, 5.74) is 0. The molecule has 0 aromatic rings. The minimum absolute atomic E-state index is 0.377. The van der Waals surface area contributed by atoms with Crippen molar-refractivity contribution in [3.8, 4) is 0 Å². The van der Waals surface area contributed by atoms with Crippen LogP contribution in [0.1, 0.15) is 0 Å². The number of hydrogen-bond donors (Lipinski definition) is 2. The Morgan fingerprint density at radius 2 is 2.30 bits per heavy atom. The second-order valence-electron chi connectivity index (χ2n) is 1.50. The number of aliphatic hydroxyl groups is 2. The molecule has 0 bridgehead atoms. The van der Waals surface area contributed by atoms with Crippen molar-refractivity contribution in [1.82, 2.24) is 0 Å². The molecule has 0 saturated carbocycles. The van der Waals surface area contributed by atoms with Crippen molar-refractivity contribution >= 4 is 12.3 Å². The van der Waals surface area contributed by atoms with E-state index in [9.17, 15) is 9.59 Å². The highest BCUT2D eigenvalue weighted by atomic mass is 16.5. The van der Waals surface area contributed by atoms with Gasteiger partial charge in [-0.05, 0) is 0 Å². The molecule has 5 nitrogen and oxygen atoms in total. The van der Waals surface area contributed by atoms with Gasteiger partial charge in [-0.15, -0.1) is 0 Å². The lowest BCUT2D eigenvalue weighted by Gasteiger charge is -2.03. The summed E-state index contributed by atoms with van der Waals surface area (Å²) in [6, 6.07) is 0. The van der Waals surface area contributed by atoms with Crippen LogP contribution in [0.3, 0.4) is 0 Å². The molecule has 0 saturated heterocycles. The van der Waals surface area contributed by atoms with Crippen LogP contribution in [0, 0.1) is 0 Å². The number of esters is 1. The van der Waals surface area contributed by atoms with Crippen molar-refractivity contribution in [1.29, 1.82) is 0 Å². The van der Waals surface area contributed by atoms with Gasteiger partial charge in [0.1, 0.15) is 6.61 Å². The van der Waals surface area contributed by atoms with Crippen LogP contribution >= 0.6 is 0 Å². The standard InChI is InChI=1S/C5H8O5/c6-1-2-10-5(9)4(8)3-7/h1,4,7-8H,2-3H2. The molecule has 0 aromatic heterocycles. The van der Waals surface area contributed by atoms with E-state index in [-0.39, 0.29) is 0 Å². The maximum absolute atomic E-state index is 10.3. The Morgan fingerprint density at radius 3 is 2.70 bits per heavy atom.